The molecule has 2 heterocycles. The summed E-state index contributed by atoms with van der Waals surface area (Å²) >= 11 is 2.07. The maximum atomic E-state index is 6.06. The minimum Gasteiger partial charge on any atom is -0.381 e. The quantitative estimate of drug-likeness (QED) is 0.809. The molecule has 0 bridgehead atoms. The van der Waals surface area contributed by atoms with Gasteiger partial charge in [0, 0.05) is 36.9 Å². The lowest BCUT2D eigenvalue weighted by Crippen LogP contribution is -2.57. The third-order valence-electron chi connectivity index (χ3n) is 4.17. The van der Waals surface area contributed by atoms with E-state index in [9.17, 15) is 0 Å². The molecular formula is C12H24N2OS. The van der Waals surface area contributed by atoms with Crippen molar-refractivity contribution in [3.63, 3.8) is 0 Å². The van der Waals surface area contributed by atoms with Gasteiger partial charge >= 0.3 is 0 Å². The first kappa shape index (κ1) is 12.7. The maximum Gasteiger partial charge on any atom is 0.0513 e. The second kappa shape index (κ2) is 5.71. The SMILES string of the molecule is CC(CN)(C1CCOC1)N1CCCSCC1. The lowest BCUT2D eigenvalue weighted by molar-refractivity contribution is 0.0515. The minimum atomic E-state index is 0.154. The number of hydrogen-bond donors (Lipinski definition) is 1. The molecule has 2 saturated heterocycles. The highest BCUT2D eigenvalue weighted by molar-refractivity contribution is 7.99. The van der Waals surface area contributed by atoms with E-state index in [0.717, 1.165) is 19.8 Å². The Morgan fingerprint density at radius 3 is 3.00 bits per heavy atom. The highest BCUT2D eigenvalue weighted by atomic mass is 32.2. The highest BCUT2D eigenvalue weighted by Gasteiger charge is 2.40. The monoisotopic (exact) mass is 244 g/mol. The van der Waals surface area contributed by atoms with Crippen molar-refractivity contribution >= 4 is 11.8 Å². The van der Waals surface area contributed by atoms with Crippen molar-refractivity contribution in [2.24, 2.45) is 11.7 Å². The van der Waals surface area contributed by atoms with Gasteiger partial charge in [-0.3, -0.25) is 4.90 Å². The Labute approximate surface area is 103 Å². The van der Waals surface area contributed by atoms with Gasteiger partial charge in [-0.2, -0.15) is 11.8 Å². The minimum absolute atomic E-state index is 0.154. The van der Waals surface area contributed by atoms with Gasteiger partial charge in [-0.15, -0.1) is 0 Å². The molecule has 0 aromatic carbocycles. The fourth-order valence-electron chi connectivity index (χ4n) is 2.84. The molecule has 0 aliphatic carbocycles. The van der Waals surface area contributed by atoms with Gasteiger partial charge in [0.15, 0.2) is 0 Å². The first-order valence-corrected chi connectivity index (χ1v) is 7.53. The summed E-state index contributed by atoms with van der Waals surface area (Å²) in [6.07, 6.45) is 2.48. The molecule has 4 heteroatoms. The zero-order chi connectivity index (χ0) is 11.4. The standard InChI is InChI=1S/C12H24N2OS/c1-12(10-13,11-3-6-15-9-11)14-4-2-7-16-8-5-14/h11H,2-10,13H2,1H3. The van der Waals surface area contributed by atoms with E-state index in [1.807, 2.05) is 0 Å². The van der Waals surface area contributed by atoms with E-state index in [-0.39, 0.29) is 5.54 Å². The van der Waals surface area contributed by atoms with Gasteiger partial charge in [-0.1, -0.05) is 0 Å². The summed E-state index contributed by atoms with van der Waals surface area (Å²) in [6, 6.07) is 0. The average Bonchev–Trinajstić information content (AvgIpc) is 2.71. The van der Waals surface area contributed by atoms with Crippen molar-refractivity contribution in [3.8, 4) is 0 Å². The van der Waals surface area contributed by atoms with Gasteiger partial charge in [0.1, 0.15) is 0 Å². The zero-order valence-electron chi connectivity index (χ0n) is 10.3. The van der Waals surface area contributed by atoms with Crippen molar-refractivity contribution in [3.05, 3.63) is 0 Å². The average molecular weight is 244 g/mol. The predicted octanol–water partition coefficient (Wildman–Crippen LogP) is 1.18. The summed E-state index contributed by atoms with van der Waals surface area (Å²) in [5.74, 6) is 3.18. The Hall–Kier alpha value is 0.230. The van der Waals surface area contributed by atoms with Crippen LogP contribution in [0.15, 0.2) is 0 Å². The Morgan fingerprint density at radius 1 is 1.44 bits per heavy atom. The Morgan fingerprint density at radius 2 is 2.31 bits per heavy atom. The van der Waals surface area contributed by atoms with Crippen LogP contribution in [0.4, 0.5) is 0 Å². The molecule has 0 amide bonds. The molecule has 2 rings (SSSR count). The summed E-state index contributed by atoms with van der Waals surface area (Å²) in [6.45, 7) is 7.31. The molecule has 2 unspecified atom stereocenters. The summed E-state index contributed by atoms with van der Waals surface area (Å²) in [5.41, 5.74) is 6.22. The van der Waals surface area contributed by atoms with Gasteiger partial charge < -0.3 is 10.5 Å². The number of rotatable bonds is 3. The summed E-state index contributed by atoms with van der Waals surface area (Å²) in [5, 5.41) is 0. The Kier molecular flexibility index (Phi) is 4.53. The van der Waals surface area contributed by atoms with E-state index in [0.29, 0.717) is 5.92 Å². The van der Waals surface area contributed by atoms with Crippen molar-refractivity contribution in [1.82, 2.24) is 4.90 Å². The topological polar surface area (TPSA) is 38.5 Å². The smallest absolute Gasteiger partial charge is 0.0513 e. The summed E-state index contributed by atoms with van der Waals surface area (Å²) < 4.78 is 5.54. The lowest BCUT2D eigenvalue weighted by Gasteiger charge is -2.44. The second-order valence-corrected chi connectivity index (χ2v) is 6.30. The van der Waals surface area contributed by atoms with E-state index in [1.54, 1.807) is 0 Å². The number of ether oxygens (including phenoxy) is 1. The fraction of sp³-hybridized carbons (Fsp3) is 1.00. The molecule has 94 valence electrons. The van der Waals surface area contributed by atoms with Crippen LogP contribution in [0.1, 0.15) is 19.8 Å². The fourth-order valence-corrected chi connectivity index (χ4v) is 3.72. The molecule has 2 aliphatic heterocycles. The van der Waals surface area contributed by atoms with Gasteiger partial charge in [0.05, 0.1) is 6.61 Å². The second-order valence-electron chi connectivity index (χ2n) is 5.07. The molecule has 2 aliphatic rings. The number of nitrogens with zero attached hydrogens (tertiary/aromatic N) is 1. The molecule has 0 saturated carbocycles. The van der Waals surface area contributed by atoms with Crippen LogP contribution in [-0.4, -0.2) is 54.8 Å². The van der Waals surface area contributed by atoms with Gasteiger partial charge in [-0.25, -0.2) is 0 Å². The van der Waals surface area contributed by atoms with E-state index >= 15 is 0 Å². The lowest BCUT2D eigenvalue weighted by atomic mass is 9.83. The first-order chi connectivity index (χ1) is 7.77. The third-order valence-corrected chi connectivity index (χ3v) is 5.22. The molecule has 2 atom stereocenters. The van der Waals surface area contributed by atoms with Crippen LogP contribution < -0.4 is 5.73 Å². The van der Waals surface area contributed by atoms with Crippen molar-refractivity contribution in [2.75, 3.05) is 44.4 Å². The number of hydrogen-bond acceptors (Lipinski definition) is 4. The largest absolute Gasteiger partial charge is 0.381 e. The van der Waals surface area contributed by atoms with Crippen LogP contribution >= 0.6 is 11.8 Å². The van der Waals surface area contributed by atoms with E-state index in [1.165, 1.54) is 37.4 Å². The molecule has 0 aromatic rings. The molecule has 0 radical (unpaired) electrons. The zero-order valence-corrected chi connectivity index (χ0v) is 11.1. The van der Waals surface area contributed by atoms with Gasteiger partial charge in [0.25, 0.3) is 0 Å². The van der Waals surface area contributed by atoms with Crippen LogP contribution in [-0.2, 0) is 4.74 Å². The molecule has 0 aromatic heterocycles. The van der Waals surface area contributed by atoms with E-state index in [4.69, 9.17) is 10.5 Å². The Bertz CT molecular complexity index is 213. The molecule has 2 fully saturated rings. The predicted molar refractivity (Wildman–Crippen MR) is 69.9 cm³/mol. The number of thioether (sulfide) groups is 1. The normalized spacial score (nSPS) is 32.2. The van der Waals surface area contributed by atoms with Crippen LogP contribution in [0, 0.1) is 5.92 Å². The van der Waals surface area contributed by atoms with Crippen LogP contribution in [0.3, 0.4) is 0 Å². The van der Waals surface area contributed by atoms with Crippen molar-refractivity contribution in [1.29, 1.82) is 0 Å². The maximum absolute atomic E-state index is 6.06. The third kappa shape index (κ3) is 2.55. The molecule has 3 nitrogen and oxygen atoms in total. The van der Waals surface area contributed by atoms with Crippen LogP contribution in [0.25, 0.3) is 0 Å². The first-order valence-electron chi connectivity index (χ1n) is 6.38. The van der Waals surface area contributed by atoms with Crippen LogP contribution in [0.5, 0.6) is 0 Å². The van der Waals surface area contributed by atoms with Crippen molar-refractivity contribution in [2.45, 2.75) is 25.3 Å². The van der Waals surface area contributed by atoms with E-state index < -0.39 is 0 Å². The summed E-state index contributed by atoms with van der Waals surface area (Å²) in [4.78, 5) is 2.62. The van der Waals surface area contributed by atoms with Gasteiger partial charge in [-0.05, 0) is 32.1 Å². The molecular weight excluding hydrogens is 220 g/mol. The van der Waals surface area contributed by atoms with Crippen molar-refractivity contribution < 1.29 is 4.74 Å². The van der Waals surface area contributed by atoms with Gasteiger partial charge in [0.2, 0.25) is 0 Å². The van der Waals surface area contributed by atoms with E-state index in [2.05, 4.69) is 23.6 Å². The Balaban J connectivity index is 2.05. The molecule has 0 spiro atoms. The highest BCUT2D eigenvalue weighted by Crippen LogP contribution is 2.32. The number of nitrogens with two attached hydrogens (primary N) is 1. The molecule has 16 heavy (non-hydrogen) atoms. The molecule has 2 N–H and O–H groups in total. The van der Waals surface area contributed by atoms with Crippen LogP contribution in [0.2, 0.25) is 0 Å². The summed E-state index contributed by atoms with van der Waals surface area (Å²) in [7, 11) is 0.